The zero-order valence-corrected chi connectivity index (χ0v) is 12.1. The fourth-order valence-corrected chi connectivity index (χ4v) is 2.63. The Bertz CT molecular complexity index is 348. The van der Waals surface area contributed by atoms with Gasteiger partial charge in [-0.2, -0.15) is 0 Å². The molecule has 0 bridgehead atoms. The number of hydrogen-bond donors (Lipinski definition) is 1. The van der Waals surface area contributed by atoms with Crippen molar-refractivity contribution in [2.75, 3.05) is 25.4 Å². The molecule has 0 atom stereocenters. The Labute approximate surface area is 113 Å². The normalized spacial score (nSPS) is 12.1. The van der Waals surface area contributed by atoms with Gasteiger partial charge in [-0.15, -0.1) is 11.8 Å². The molecule has 102 valence electrons. The zero-order chi connectivity index (χ0) is 13.6. The van der Waals surface area contributed by atoms with Crippen LogP contribution in [0.4, 0.5) is 4.39 Å². The Morgan fingerprint density at radius 2 is 1.89 bits per heavy atom. The highest BCUT2D eigenvalue weighted by Crippen LogP contribution is 2.18. The van der Waals surface area contributed by atoms with E-state index in [9.17, 15) is 9.50 Å². The van der Waals surface area contributed by atoms with E-state index in [4.69, 9.17) is 0 Å². The molecular formula is C14H22FNOS. The standard InChI is InChI=1S/C14H22FNOS/c1-4-16(11-14(2,3)17)9-10-18-13-7-5-12(15)6-8-13/h5-8,17H,4,9-11H2,1-3H3. The Balaban J connectivity index is 2.33. The third kappa shape index (κ3) is 6.38. The predicted octanol–water partition coefficient (Wildman–Crippen LogP) is 3.01. The number of hydrogen-bond acceptors (Lipinski definition) is 3. The van der Waals surface area contributed by atoms with Crippen molar-refractivity contribution in [3.05, 3.63) is 30.1 Å². The second kappa shape index (κ2) is 7.12. The van der Waals surface area contributed by atoms with Gasteiger partial charge < -0.3 is 5.11 Å². The van der Waals surface area contributed by atoms with E-state index in [1.54, 1.807) is 23.9 Å². The highest BCUT2D eigenvalue weighted by Gasteiger charge is 2.16. The maximum absolute atomic E-state index is 12.7. The van der Waals surface area contributed by atoms with E-state index in [1.807, 2.05) is 13.8 Å². The second-order valence-corrected chi connectivity index (χ2v) is 6.15. The molecule has 18 heavy (non-hydrogen) atoms. The number of nitrogens with zero attached hydrogens (tertiary/aromatic N) is 1. The summed E-state index contributed by atoms with van der Waals surface area (Å²) in [5.74, 6) is 0.742. The first-order chi connectivity index (χ1) is 8.40. The van der Waals surface area contributed by atoms with Crippen LogP contribution < -0.4 is 0 Å². The highest BCUT2D eigenvalue weighted by atomic mass is 32.2. The predicted molar refractivity (Wildman–Crippen MR) is 75.5 cm³/mol. The van der Waals surface area contributed by atoms with Crippen molar-refractivity contribution in [3.63, 3.8) is 0 Å². The third-order valence-corrected chi connectivity index (χ3v) is 3.54. The Morgan fingerprint density at radius 1 is 1.28 bits per heavy atom. The summed E-state index contributed by atoms with van der Waals surface area (Å²) >= 11 is 1.71. The molecule has 0 spiro atoms. The van der Waals surface area contributed by atoms with E-state index in [2.05, 4.69) is 11.8 Å². The molecule has 0 saturated carbocycles. The Morgan fingerprint density at radius 3 is 2.39 bits per heavy atom. The van der Waals surface area contributed by atoms with Crippen molar-refractivity contribution in [2.24, 2.45) is 0 Å². The number of rotatable bonds is 7. The molecule has 0 aliphatic carbocycles. The topological polar surface area (TPSA) is 23.5 Å². The fourth-order valence-electron chi connectivity index (χ4n) is 1.72. The van der Waals surface area contributed by atoms with Crippen LogP contribution in [0.5, 0.6) is 0 Å². The number of halogens is 1. The van der Waals surface area contributed by atoms with Crippen molar-refractivity contribution in [1.29, 1.82) is 0 Å². The van der Waals surface area contributed by atoms with E-state index >= 15 is 0 Å². The number of benzene rings is 1. The van der Waals surface area contributed by atoms with Crippen LogP contribution in [0, 0.1) is 5.82 Å². The summed E-state index contributed by atoms with van der Waals surface area (Å²) in [6, 6.07) is 6.56. The monoisotopic (exact) mass is 271 g/mol. The van der Waals surface area contributed by atoms with Gasteiger partial charge in [0.05, 0.1) is 5.60 Å². The quantitative estimate of drug-likeness (QED) is 0.771. The average molecular weight is 271 g/mol. The minimum atomic E-state index is -0.656. The lowest BCUT2D eigenvalue weighted by Crippen LogP contribution is -2.39. The van der Waals surface area contributed by atoms with Crippen molar-refractivity contribution < 1.29 is 9.50 Å². The number of likely N-dealkylation sites (N-methyl/N-ethyl adjacent to an activating group) is 1. The van der Waals surface area contributed by atoms with Gasteiger partial charge >= 0.3 is 0 Å². The minimum absolute atomic E-state index is 0.198. The SMILES string of the molecule is CCN(CCSc1ccc(F)cc1)CC(C)(C)O. The van der Waals surface area contributed by atoms with Crippen molar-refractivity contribution in [2.45, 2.75) is 31.3 Å². The molecule has 1 rings (SSSR count). The molecule has 0 aliphatic rings. The lowest BCUT2D eigenvalue weighted by molar-refractivity contribution is 0.0400. The minimum Gasteiger partial charge on any atom is -0.389 e. The molecule has 0 unspecified atom stereocenters. The molecular weight excluding hydrogens is 249 g/mol. The van der Waals surface area contributed by atoms with Gasteiger partial charge in [-0.3, -0.25) is 4.90 Å². The third-order valence-electron chi connectivity index (χ3n) is 2.55. The molecule has 0 radical (unpaired) electrons. The average Bonchev–Trinajstić information content (AvgIpc) is 2.29. The summed E-state index contributed by atoms with van der Waals surface area (Å²) in [5, 5.41) is 9.78. The van der Waals surface area contributed by atoms with Crippen LogP contribution in [0.1, 0.15) is 20.8 Å². The van der Waals surface area contributed by atoms with Gasteiger partial charge in [0.15, 0.2) is 0 Å². The van der Waals surface area contributed by atoms with E-state index in [1.165, 1.54) is 12.1 Å². The molecule has 0 amide bonds. The maximum atomic E-state index is 12.7. The first-order valence-electron chi connectivity index (χ1n) is 6.24. The van der Waals surface area contributed by atoms with E-state index in [0.29, 0.717) is 6.54 Å². The lowest BCUT2D eigenvalue weighted by Gasteiger charge is -2.27. The van der Waals surface area contributed by atoms with Crippen molar-refractivity contribution >= 4 is 11.8 Å². The largest absolute Gasteiger partial charge is 0.389 e. The van der Waals surface area contributed by atoms with Gasteiger partial charge in [0.2, 0.25) is 0 Å². The number of thioether (sulfide) groups is 1. The van der Waals surface area contributed by atoms with Crippen LogP contribution in [-0.4, -0.2) is 41.0 Å². The zero-order valence-electron chi connectivity index (χ0n) is 11.3. The Kier molecular flexibility index (Phi) is 6.12. The molecule has 2 nitrogen and oxygen atoms in total. The Hall–Kier alpha value is -0.580. The van der Waals surface area contributed by atoms with Crippen LogP contribution >= 0.6 is 11.8 Å². The van der Waals surface area contributed by atoms with Gasteiger partial charge in [0, 0.05) is 23.7 Å². The molecule has 0 aromatic heterocycles. The van der Waals surface area contributed by atoms with Gasteiger partial charge in [-0.05, 0) is 44.7 Å². The highest BCUT2D eigenvalue weighted by molar-refractivity contribution is 7.99. The summed E-state index contributed by atoms with van der Waals surface area (Å²) < 4.78 is 12.7. The van der Waals surface area contributed by atoms with Crippen LogP contribution in [0.3, 0.4) is 0 Å². The second-order valence-electron chi connectivity index (χ2n) is 4.98. The van der Waals surface area contributed by atoms with Gasteiger partial charge in [0.25, 0.3) is 0 Å². The van der Waals surface area contributed by atoms with Gasteiger partial charge in [0.1, 0.15) is 5.82 Å². The molecule has 4 heteroatoms. The maximum Gasteiger partial charge on any atom is 0.123 e. The summed E-state index contributed by atoms with van der Waals surface area (Å²) in [5.41, 5.74) is -0.656. The van der Waals surface area contributed by atoms with Gasteiger partial charge in [-0.1, -0.05) is 6.92 Å². The molecule has 0 aliphatic heterocycles. The fraction of sp³-hybridized carbons (Fsp3) is 0.571. The first kappa shape index (κ1) is 15.5. The van der Waals surface area contributed by atoms with Crippen LogP contribution in [0.25, 0.3) is 0 Å². The van der Waals surface area contributed by atoms with Crippen LogP contribution in [-0.2, 0) is 0 Å². The van der Waals surface area contributed by atoms with E-state index in [0.717, 1.165) is 23.7 Å². The summed E-state index contributed by atoms with van der Waals surface area (Å²) in [6.45, 7) is 8.25. The van der Waals surface area contributed by atoms with E-state index in [-0.39, 0.29) is 5.82 Å². The van der Waals surface area contributed by atoms with E-state index < -0.39 is 5.60 Å². The lowest BCUT2D eigenvalue weighted by atomic mass is 10.1. The van der Waals surface area contributed by atoms with Crippen molar-refractivity contribution in [3.8, 4) is 0 Å². The molecule has 0 heterocycles. The van der Waals surface area contributed by atoms with Crippen LogP contribution in [0.2, 0.25) is 0 Å². The molecule has 1 N–H and O–H groups in total. The molecule has 0 fully saturated rings. The van der Waals surface area contributed by atoms with Crippen LogP contribution in [0.15, 0.2) is 29.2 Å². The summed E-state index contributed by atoms with van der Waals surface area (Å²) in [7, 11) is 0. The molecule has 0 saturated heterocycles. The molecule has 1 aromatic carbocycles. The molecule has 1 aromatic rings. The number of aliphatic hydroxyl groups is 1. The smallest absolute Gasteiger partial charge is 0.123 e. The van der Waals surface area contributed by atoms with Gasteiger partial charge in [-0.25, -0.2) is 4.39 Å². The summed E-state index contributed by atoms with van der Waals surface area (Å²) in [4.78, 5) is 3.30. The summed E-state index contributed by atoms with van der Waals surface area (Å²) in [6.07, 6.45) is 0. The van der Waals surface area contributed by atoms with Crippen molar-refractivity contribution in [1.82, 2.24) is 4.90 Å². The first-order valence-corrected chi connectivity index (χ1v) is 7.22.